The van der Waals surface area contributed by atoms with E-state index in [0.717, 1.165) is 67.1 Å². The number of thiophene rings is 1. The van der Waals surface area contributed by atoms with Crippen LogP contribution in [-0.4, -0.2) is 65.8 Å². The number of aromatic nitrogens is 3. The number of piperidine rings is 1. The van der Waals surface area contributed by atoms with Gasteiger partial charge in [0.25, 0.3) is 5.91 Å². The Labute approximate surface area is 202 Å². The number of nitrogens with zero attached hydrogens (tertiary/aromatic N) is 5. The van der Waals surface area contributed by atoms with Crippen molar-refractivity contribution in [2.45, 2.75) is 44.7 Å². The molecule has 1 amide bonds. The van der Waals surface area contributed by atoms with Crippen LogP contribution in [0, 0.1) is 6.92 Å². The lowest BCUT2D eigenvalue weighted by molar-refractivity contribution is 0.0612. The van der Waals surface area contributed by atoms with Crippen molar-refractivity contribution in [3.8, 4) is 0 Å². The number of hydrogen-bond acceptors (Lipinski definition) is 8. The lowest BCUT2D eigenvalue weighted by atomic mass is 9.99. The monoisotopic (exact) mass is 503 g/mol. The zero-order valence-corrected chi connectivity index (χ0v) is 20.9. The number of carbonyl (C=O) groups is 1. The van der Waals surface area contributed by atoms with E-state index in [-0.39, 0.29) is 18.0 Å². The molecule has 34 heavy (non-hydrogen) atoms. The number of anilines is 2. The maximum absolute atomic E-state index is 13.6. The molecule has 0 radical (unpaired) electrons. The van der Waals surface area contributed by atoms with Crippen LogP contribution in [0.3, 0.4) is 0 Å². The average molecular weight is 504 g/mol. The highest BCUT2D eigenvalue weighted by molar-refractivity contribution is 7.92. The first-order valence-electron chi connectivity index (χ1n) is 11.4. The van der Waals surface area contributed by atoms with Crippen LogP contribution in [0.15, 0.2) is 24.4 Å². The average Bonchev–Trinajstić information content (AvgIpc) is 3.49. The van der Waals surface area contributed by atoms with Crippen LogP contribution < -0.4 is 15.4 Å². The van der Waals surface area contributed by atoms with Gasteiger partial charge in [-0.1, -0.05) is 0 Å². The van der Waals surface area contributed by atoms with Gasteiger partial charge >= 0.3 is 0 Å². The molecule has 2 aliphatic heterocycles. The van der Waals surface area contributed by atoms with E-state index in [1.54, 1.807) is 10.6 Å². The molecule has 0 unspecified atom stereocenters. The van der Waals surface area contributed by atoms with Gasteiger partial charge in [0.05, 0.1) is 29.9 Å². The van der Waals surface area contributed by atoms with Crippen molar-refractivity contribution in [1.29, 1.82) is 0 Å². The number of likely N-dealkylation sites (tertiary alicyclic amines) is 1. The number of rotatable bonds is 5. The Hall–Kier alpha value is -2.70. The number of sulfonamides is 1. The largest absolute Gasteiger partial charge is 0.354 e. The highest BCUT2D eigenvalue weighted by Crippen LogP contribution is 2.36. The Bertz CT molecular complexity index is 1330. The summed E-state index contributed by atoms with van der Waals surface area (Å²) in [4.78, 5) is 23.7. The van der Waals surface area contributed by atoms with Gasteiger partial charge < -0.3 is 15.5 Å². The predicted octanol–water partition coefficient (Wildman–Crippen LogP) is 2.38. The molecule has 5 heterocycles. The van der Waals surface area contributed by atoms with E-state index in [2.05, 4.69) is 9.62 Å². The van der Waals surface area contributed by atoms with Crippen molar-refractivity contribution in [2.75, 3.05) is 35.5 Å². The van der Waals surface area contributed by atoms with Crippen LogP contribution in [0.5, 0.6) is 0 Å². The van der Waals surface area contributed by atoms with Gasteiger partial charge in [-0.2, -0.15) is 0 Å². The lowest BCUT2D eigenvalue weighted by Gasteiger charge is -2.34. The van der Waals surface area contributed by atoms with Crippen LogP contribution in [0.4, 0.5) is 11.5 Å². The van der Waals surface area contributed by atoms with Crippen LogP contribution in [0.2, 0.25) is 0 Å². The molecular formula is C22H29N7O3S2. The summed E-state index contributed by atoms with van der Waals surface area (Å²) in [7, 11) is -3.50. The first-order valence-corrected chi connectivity index (χ1v) is 14.1. The van der Waals surface area contributed by atoms with Gasteiger partial charge in [-0.3, -0.25) is 9.52 Å². The van der Waals surface area contributed by atoms with Crippen molar-refractivity contribution >= 4 is 44.4 Å². The second kappa shape index (κ2) is 8.82. The van der Waals surface area contributed by atoms with Gasteiger partial charge in [-0.05, 0) is 50.8 Å². The second-order valence-electron chi connectivity index (χ2n) is 9.14. The van der Waals surface area contributed by atoms with Crippen molar-refractivity contribution in [2.24, 2.45) is 5.73 Å². The van der Waals surface area contributed by atoms with E-state index >= 15 is 0 Å². The highest BCUT2D eigenvalue weighted by atomic mass is 32.2. The number of fused-ring (bicyclic) bond motifs is 1. The third-order valence-electron chi connectivity index (χ3n) is 6.32. The minimum atomic E-state index is -3.50. The molecule has 0 aromatic carbocycles. The molecule has 3 aromatic heterocycles. The summed E-state index contributed by atoms with van der Waals surface area (Å²) in [5.74, 6) is 0.692. The fourth-order valence-electron chi connectivity index (χ4n) is 4.78. The third kappa shape index (κ3) is 4.62. The molecule has 0 saturated carbocycles. The zero-order chi connectivity index (χ0) is 24.0. The van der Waals surface area contributed by atoms with E-state index in [4.69, 9.17) is 15.8 Å². The Morgan fingerprint density at radius 3 is 2.79 bits per heavy atom. The molecule has 12 heteroatoms. The zero-order valence-electron chi connectivity index (χ0n) is 19.3. The van der Waals surface area contributed by atoms with E-state index in [1.807, 2.05) is 30.2 Å². The topological polar surface area (TPSA) is 126 Å². The minimum absolute atomic E-state index is 0.167. The molecule has 2 saturated heterocycles. The van der Waals surface area contributed by atoms with Crippen LogP contribution in [0.25, 0.3) is 5.65 Å². The summed E-state index contributed by atoms with van der Waals surface area (Å²) in [6, 6.07) is 5.59. The van der Waals surface area contributed by atoms with Crippen LogP contribution >= 0.6 is 11.3 Å². The van der Waals surface area contributed by atoms with Gasteiger partial charge in [-0.25, -0.2) is 17.9 Å². The summed E-state index contributed by atoms with van der Waals surface area (Å²) < 4.78 is 27.9. The maximum atomic E-state index is 13.6. The fourth-order valence-corrected chi connectivity index (χ4v) is 6.32. The third-order valence-corrected chi connectivity index (χ3v) is 7.95. The molecule has 3 N–H and O–H groups in total. The van der Waals surface area contributed by atoms with Gasteiger partial charge in [0, 0.05) is 30.6 Å². The van der Waals surface area contributed by atoms with Gasteiger partial charge in [0.15, 0.2) is 5.65 Å². The van der Waals surface area contributed by atoms with Gasteiger partial charge in [-0.15, -0.1) is 16.4 Å². The molecule has 182 valence electrons. The molecule has 3 aromatic rings. The molecule has 10 nitrogen and oxygen atoms in total. The summed E-state index contributed by atoms with van der Waals surface area (Å²) in [6.45, 7) is 4.13. The second-order valence-corrected chi connectivity index (χ2v) is 12.1. The van der Waals surface area contributed by atoms with E-state index in [0.29, 0.717) is 17.1 Å². The summed E-state index contributed by atoms with van der Waals surface area (Å²) in [5.41, 5.74) is 7.91. The predicted molar refractivity (Wildman–Crippen MR) is 133 cm³/mol. The molecule has 0 bridgehead atoms. The van der Waals surface area contributed by atoms with E-state index in [1.165, 1.54) is 11.3 Å². The summed E-state index contributed by atoms with van der Waals surface area (Å²) in [5, 5.41) is 4.74. The number of aryl methyl sites for hydroxylation is 1. The van der Waals surface area contributed by atoms with Gasteiger partial charge in [0.2, 0.25) is 10.0 Å². The fraction of sp³-hybridized carbons (Fsp3) is 0.500. The molecule has 2 fully saturated rings. The smallest absolute Gasteiger partial charge is 0.266 e. The normalized spacial score (nSPS) is 21.4. The number of imidazole rings is 1. The Balaban J connectivity index is 1.44. The number of nitrogens with one attached hydrogen (secondary N) is 1. The Morgan fingerprint density at radius 1 is 1.24 bits per heavy atom. The molecular weight excluding hydrogens is 474 g/mol. The Morgan fingerprint density at radius 2 is 2.06 bits per heavy atom. The molecule has 5 rings (SSSR count). The SMILES string of the molecule is Cc1cc(NS(C)(=O)=O)c(C(=O)N2CCCC[C@@H]2c2cn3nc(N4CC[C@H](N)C4)ccc3n2)s1. The first kappa shape index (κ1) is 23.1. The standard InChI is InChI=1S/C22H29N7O3S2/c1-14-11-16(26-34(2,31)32)21(33-14)22(30)28-9-4-3-5-18(28)17-13-29-19(24-17)6-7-20(25-29)27-10-8-15(23)12-27/h6-7,11,13,15,18,26H,3-5,8-10,12,23H2,1-2H3/t15-,18+/m0/s1. The summed E-state index contributed by atoms with van der Waals surface area (Å²) >= 11 is 1.30. The van der Waals surface area contributed by atoms with Crippen molar-refractivity contribution in [3.63, 3.8) is 0 Å². The van der Waals surface area contributed by atoms with Crippen molar-refractivity contribution in [1.82, 2.24) is 19.5 Å². The van der Waals surface area contributed by atoms with Gasteiger partial charge in [0.1, 0.15) is 10.7 Å². The molecule has 0 aliphatic carbocycles. The first-order chi connectivity index (χ1) is 16.2. The van der Waals surface area contributed by atoms with Crippen LogP contribution in [-0.2, 0) is 10.0 Å². The number of amides is 1. The molecule has 2 atom stereocenters. The number of hydrogen-bond donors (Lipinski definition) is 2. The summed E-state index contributed by atoms with van der Waals surface area (Å²) in [6.07, 6.45) is 6.62. The quantitative estimate of drug-likeness (QED) is 0.547. The number of nitrogens with two attached hydrogens (primary N) is 1. The van der Waals surface area contributed by atoms with Crippen molar-refractivity contribution in [3.05, 3.63) is 39.8 Å². The Kier molecular flexibility index (Phi) is 5.98. The van der Waals surface area contributed by atoms with Crippen molar-refractivity contribution < 1.29 is 13.2 Å². The molecule has 0 spiro atoms. The number of carbonyl (C=O) groups excluding carboxylic acids is 1. The highest BCUT2D eigenvalue weighted by Gasteiger charge is 2.33. The van der Waals surface area contributed by atoms with E-state index < -0.39 is 10.0 Å². The molecule has 2 aliphatic rings. The lowest BCUT2D eigenvalue weighted by Crippen LogP contribution is -2.38. The van der Waals surface area contributed by atoms with Crippen LogP contribution in [0.1, 0.15) is 52.0 Å². The maximum Gasteiger partial charge on any atom is 0.266 e. The van der Waals surface area contributed by atoms with E-state index in [9.17, 15) is 13.2 Å². The minimum Gasteiger partial charge on any atom is -0.354 e.